The number of hydrogen-bond acceptors (Lipinski definition) is 4. The minimum atomic E-state index is -0.0124. The van der Waals surface area contributed by atoms with Crippen LogP contribution in [0.25, 0.3) is 5.65 Å². The Morgan fingerprint density at radius 3 is 2.83 bits per heavy atom. The molecular weight excluding hydrogens is 294 g/mol. The molecule has 0 bridgehead atoms. The maximum Gasteiger partial charge on any atom is 0.241 e. The van der Waals surface area contributed by atoms with Crippen LogP contribution < -0.4 is 10.6 Å². The summed E-state index contributed by atoms with van der Waals surface area (Å²) in [5, 5.41) is 10.5. The summed E-state index contributed by atoms with van der Waals surface area (Å²) in [6.45, 7) is 4.66. The lowest BCUT2D eigenvalue weighted by molar-refractivity contribution is -0.127. The second kappa shape index (κ2) is 7.57. The SMILES string of the molecule is CC(C)NC(=NCc1ccnc2ccnn12)NCC(=O)N(C)C. The second-order valence-corrected chi connectivity index (χ2v) is 5.64. The van der Waals surface area contributed by atoms with Crippen LogP contribution in [0.3, 0.4) is 0 Å². The number of nitrogens with zero attached hydrogens (tertiary/aromatic N) is 5. The number of rotatable bonds is 5. The zero-order chi connectivity index (χ0) is 16.8. The van der Waals surface area contributed by atoms with E-state index >= 15 is 0 Å². The van der Waals surface area contributed by atoms with E-state index in [4.69, 9.17) is 0 Å². The molecule has 2 heterocycles. The number of fused-ring (bicyclic) bond motifs is 1. The molecule has 0 aliphatic rings. The van der Waals surface area contributed by atoms with E-state index < -0.39 is 0 Å². The standard InChI is InChI=1S/C15H23N7O/c1-11(2)20-15(18-10-14(23)21(3)4)17-9-12-5-7-16-13-6-8-19-22(12)13/h5-8,11H,9-10H2,1-4H3,(H2,17,18,20). The van der Waals surface area contributed by atoms with E-state index in [9.17, 15) is 4.79 Å². The predicted octanol–water partition coefficient (Wildman–Crippen LogP) is 0.261. The maximum atomic E-state index is 11.7. The molecule has 0 saturated carbocycles. The summed E-state index contributed by atoms with van der Waals surface area (Å²) in [6.07, 6.45) is 3.44. The Kier molecular flexibility index (Phi) is 5.51. The molecule has 2 aromatic rings. The maximum absolute atomic E-state index is 11.7. The molecule has 0 radical (unpaired) electrons. The van der Waals surface area contributed by atoms with Crippen molar-refractivity contribution in [2.45, 2.75) is 26.4 Å². The van der Waals surface area contributed by atoms with Crippen LogP contribution in [0, 0.1) is 0 Å². The molecule has 23 heavy (non-hydrogen) atoms. The minimum Gasteiger partial charge on any atom is -0.354 e. The molecule has 0 unspecified atom stereocenters. The highest BCUT2D eigenvalue weighted by Gasteiger charge is 2.07. The Balaban J connectivity index is 2.10. The third kappa shape index (κ3) is 4.67. The summed E-state index contributed by atoms with van der Waals surface area (Å²) in [7, 11) is 3.45. The van der Waals surface area contributed by atoms with Crippen molar-refractivity contribution >= 4 is 17.5 Å². The number of likely N-dealkylation sites (N-methyl/N-ethyl adjacent to an activating group) is 1. The van der Waals surface area contributed by atoms with Crippen molar-refractivity contribution in [2.24, 2.45) is 4.99 Å². The number of carbonyl (C=O) groups excluding carboxylic acids is 1. The number of hydrogen-bond donors (Lipinski definition) is 2. The van der Waals surface area contributed by atoms with E-state index in [0.717, 1.165) is 11.3 Å². The van der Waals surface area contributed by atoms with Crippen LogP contribution in [-0.4, -0.2) is 58.0 Å². The van der Waals surface area contributed by atoms with Gasteiger partial charge in [0.25, 0.3) is 0 Å². The number of aliphatic imine (C=N–C) groups is 1. The summed E-state index contributed by atoms with van der Waals surface area (Å²) in [5.41, 5.74) is 1.70. The van der Waals surface area contributed by atoms with Crippen molar-refractivity contribution in [1.29, 1.82) is 0 Å². The van der Waals surface area contributed by atoms with Gasteiger partial charge in [-0.15, -0.1) is 0 Å². The molecule has 1 amide bonds. The van der Waals surface area contributed by atoms with Crippen molar-refractivity contribution < 1.29 is 4.79 Å². The number of nitrogens with one attached hydrogen (secondary N) is 2. The topological polar surface area (TPSA) is 86.9 Å². The van der Waals surface area contributed by atoms with Crippen molar-refractivity contribution in [2.75, 3.05) is 20.6 Å². The molecule has 0 spiro atoms. The quantitative estimate of drug-likeness (QED) is 0.610. The van der Waals surface area contributed by atoms with Crippen molar-refractivity contribution in [3.63, 3.8) is 0 Å². The van der Waals surface area contributed by atoms with Gasteiger partial charge in [0.2, 0.25) is 5.91 Å². The van der Waals surface area contributed by atoms with Gasteiger partial charge in [0, 0.05) is 32.4 Å². The van der Waals surface area contributed by atoms with Crippen molar-refractivity contribution in [1.82, 2.24) is 30.1 Å². The lowest BCUT2D eigenvalue weighted by atomic mass is 10.4. The van der Waals surface area contributed by atoms with Crippen LogP contribution in [0.5, 0.6) is 0 Å². The fraction of sp³-hybridized carbons (Fsp3) is 0.467. The Labute approximate surface area is 135 Å². The van der Waals surface area contributed by atoms with Crippen LogP contribution in [0.2, 0.25) is 0 Å². The van der Waals surface area contributed by atoms with Gasteiger partial charge in [0.1, 0.15) is 0 Å². The van der Waals surface area contributed by atoms with Gasteiger partial charge in [-0.25, -0.2) is 14.5 Å². The molecule has 8 heteroatoms. The Bertz CT molecular complexity index is 690. The number of aromatic nitrogens is 3. The average molecular weight is 317 g/mol. The van der Waals surface area contributed by atoms with Gasteiger partial charge in [-0.3, -0.25) is 4.79 Å². The average Bonchev–Trinajstić information content (AvgIpc) is 2.98. The molecule has 2 rings (SSSR count). The van der Waals surface area contributed by atoms with Crippen molar-refractivity contribution in [3.05, 3.63) is 30.2 Å². The van der Waals surface area contributed by atoms with Gasteiger partial charge >= 0.3 is 0 Å². The van der Waals surface area contributed by atoms with Gasteiger partial charge in [-0.2, -0.15) is 5.10 Å². The lowest BCUT2D eigenvalue weighted by Crippen LogP contribution is -2.45. The lowest BCUT2D eigenvalue weighted by Gasteiger charge is -2.16. The fourth-order valence-electron chi connectivity index (χ4n) is 1.91. The highest BCUT2D eigenvalue weighted by atomic mass is 16.2. The first-order valence-corrected chi connectivity index (χ1v) is 7.50. The Morgan fingerprint density at radius 2 is 2.13 bits per heavy atom. The van der Waals surface area contributed by atoms with Crippen LogP contribution in [-0.2, 0) is 11.3 Å². The zero-order valence-corrected chi connectivity index (χ0v) is 13.9. The number of guanidine groups is 1. The smallest absolute Gasteiger partial charge is 0.241 e. The van der Waals surface area contributed by atoms with Gasteiger partial charge in [0.05, 0.1) is 25.0 Å². The molecular formula is C15H23N7O. The molecule has 0 fully saturated rings. The van der Waals surface area contributed by atoms with E-state index in [2.05, 4.69) is 25.7 Å². The molecule has 124 valence electrons. The minimum absolute atomic E-state index is 0.0124. The molecule has 0 aromatic carbocycles. The third-order valence-corrected chi connectivity index (χ3v) is 3.10. The largest absolute Gasteiger partial charge is 0.354 e. The van der Waals surface area contributed by atoms with E-state index in [1.54, 1.807) is 31.0 Å². The fourth-order valence-corrected chi connectivity index (χ4v) is 1.91. The van der Waals surface area contributed by atoms with Gasteiger partial charge < -0.3 is 15.5 Å². The second-order valence-electron chi connectivity index (χ2n) is 5.64. The molecule has 0 aliphatic carbocycles. The third-order valence-electron chi connectivity index (χ3n) is 3.10. The van der Waals surface area contributed by atoms with Gasteiger partial charge in [-0.05, 0) is 19.9 Å². The summed E-state index contributed by atoms with van der Waals surface area (Å²) in [6, 6.07) is 3.92. The molecule has 0 saturated heterocycles. The monoisotopic (exact) mass is 317 g/mol. The first-order valence-electron chi connectivity index (χ1n) is 7.50. The summed E-state index contributed by atoms with van der Waals surface area (Å²) < 4.78 is 1.75. The summed E-state index contributed by atoms with van der Waals surface area (Å²) >= 11 is 0. The highest BCUT2D eigenvalue weighted by Crippen LogP contribution is 2.04. The zero-order valence-electron chi connectivity index (χ0n) is 13.9. The van der Waals surface area contributed by atoms with E-state index in [1.807, 2.05) is 26.0 Å². The normalized spacial score (nSPS) is 11.8. The predicted molar refractivity (Wildman–Crippen MR) is 89.1 cm³/mol. The Morgan fingerprint density at radius 1 is 1.35 bits per heavy atom. The molecule has 8 nitrogen and oxygen atoms in total. The van der Waals surface area contributed by atoms with E-state index in [-0.39, 0.29) is 18.5 Å². The molecule has 2 aromatic heterocycles. The van der Waals surface area contributed by atoms with E-state index in [0.29, 0.717) is 12.5 Å². The number of carbonyl (C=O) groups is 1. The number of amides is 1. The van der Waals surface area contributed by atoms with Crippen LogP contribution >= 0.6 is 0 Å². The Hall–Kier alpha value is -2.64. The molecule has 2 N–H and O–H groups in total. The molecule has 0 aliphatic heterocycles. The van der Waals surface area contributed by atoms with E-state index in [1.165, 1.54) is 4.90 Å². The van der Waals surface area contributed by atoms with Gasteiger partial charge in [0.15, 0.2) is 11.6 Å². The summed E-state index contributed by atoms with van der Waals surface area (Å²) in [4.78, 5) is 22.0. The van der Waals surface area contributed by atoms with Crippen LogP contribution in [0.4, 0.5) is 0 Å². The van der Waals surface area contributed by atoms with Gasteiger partial charge in [-0.1, -0.05) is 0 Å². The highest BCUT2D eigenvalue weighted by molar-refractivity contribution is 5.86. The first-order chi connectivity index (χ1) is 11.0. The molecule has 0 atom stereocenters. The van der Waals surface area contributed by atoms with Crippen molar-refractivity contribution in [3.8, 4) is 0 Å². The van der Waals surface area contributed by atoms with Crippen LogP contribution in [0.15, 0.2) is 29.5 Å². The summed E-state index contributed by atoms with van der Waals surface area (Å²) in [5.74, 6) is 0.578. The van der Waals surface area contributed by atoms with Crippen LogP contribution in [0.1, 0.15) is 19.5 Å². The first kappa shape index (κ1) is 16.7.